The first-order chi connectivity index (χ1) is 8.00. The lowest BCUT2D eigenvalue weighted by Crippen LogP contribution is -2.46. The molecule has 1 amide bonds. The summed E-state index contributed by atoms with van der Waals surface area (Å²) in [7, 11) is 0. The minimum atomic E-state index is -0.360. The van der Waals surface area contributed by atoms with Gasteiger partial charge in [-0.05, 0) is 45.2 Å². The predicted octanol–water partition coefficient (Wildman–Crippen LogP) is 0.960. The summed E-state index contributed by atoms with van der Waals surface area (Å²) >= 11 is 0. The average Bonchev–Trinajstić information content (AvgIpc) is 2.77. The van der Waals surface area contributed by atoms with Crippen LogP contribution in [0.15, 0.2) is 0 Å². The van der Waals surface area contributed by atoms with Crippen molar-refractivity contribution in [2.24, 2.45) is 11.7 Å². The molecular weight excluding hydrogens is 214 g/mol. The molecular formula is C13H27N3O. The van der Waals surface area contributed by atoms with Gasteiger partial charge in [0.1, 0.15) is 0 Å². The van der Waals surface area contributed by atoms with E-state index in [4.69, 9.17) is 5.73 Å². The quantitative estimate of drug-likeness (QED) is 0.728. The summed E-state index contributed by atoms with van der Waals surface area (Å²) in [4.78, 5) is 14.2. The Morgan fingerprint density at radius 2 is 1.88 bits per heavy atom. The molecule has 0 aromatic rings. The van der Waals surface area contributed by atoms with E-state index in [1.165, 1.54) is 12.8 Å². The molecule has 1 aliphatic rings. The van der Waals surface area contributed by atoms with Gasteiger partial charge in [-0.25, -0.2) is 0 Å². The SMILES string of the molecule is CC(C)C[C@H](N)C(=O)NCC(C)N1CCCC1. The van der Waals surface area contributed by atoms with E-state index in [1.54, 1.807) is 0 Å². The fourth-order valence-corrected chi connectivity index (χ4v) is 2.31. The number of hydrogen-bond donors (Lipinski definition) is 2. The van der Waals surface area contributed by atoms with Crippen LogP contribution in [-0.4, -0.2) is 42.5 Å². The molecule has 0 radical (unpaired) electrons. The van der Waals surface area contributed by atoms with E-state index in [0.717, 1.165) is 19.5 Å². The Bertz CT molecular complexity index is 237. The first-order valence-electron chi connectivity index (χ1n) is 6.78. The predicted molar refractivity (Wildman–Crippen MR) is 70.7 cm³/mol. The second-order valence-corrected chi connectivity index (χ2v) is 5.57. The Kier molecular flexibility index (Phi) is 5.92. The van der Waals surface area contributed by atoms with E-state index in [-0.39, 0.29) is 11.9 Å². The highest BCUT2D eigenvalue weighted by molar-refractivity contribution is 5.81. The summed E-state index contributed by atoms with van der Waals surface area (Å²) in [5, 5.41) is 2.96. The summed E-state index contributed by atoms with van der Waals surface area (Å²) in [5.74, 6) is 0.455. The highest BCUT2D eigenvalue weighted by atomic mass is 16.2. The summed E-state index contributed by atoms with van der Waals surface area (Å²) in [6.07, 6.45) is 3.32. The lowest BCUT2D eigenvalue weighted by atomic mass is 10.0. The zero-order valence-corrected chi connectivity index (χ0v) is 11.4. The molecule has 2 atom stereocenters. The van der Waals surface area contributed by atoms with Gasteiger partial charge in [-0.15, -0.1) is 0 Å². The van der Waals surface area contributed by atoms with Crippen molar-refractivity contribution in [2.75, 3.05) is 19.6 Å². The van der Waals surface area contributed by atoms with Gasteiger partial charge in [-0.2, -0.15) is 0 Å². The van der Waals surface area contributed by atoms with E-state index in [1.807, 2.05) is 0 Å². The minimum Gasteiger partial charge on any atom is -0.353 e. The van der Waals surface area contributed by atoms with E-state index < -0.39 is 0 Å². The van der Waals surface area contributed by atoms with Crippen molar-refractivity contribution in [1.29, 1.82) is 0 Å². The van der Waals surface area contributed by atoms with Crippen LogP contribution in [-0.2, 0) is 4.79 Å². The first kappa shape index (κ1) is 14.5. The molecule has 1 aliphatic heterocycles. The van der Waals surface area contributed by atoms with Crippen molar-refractivity contribution < 1.29 is 4.79 Å². The fourth-order valence-electron chi connectivity index (χ4n) is 2.31. The molecule has 0 aromatic heterocycles. The van der Waals surface area contributed by atoms with Crippen molar-refractivity contribution in [3.05, 3.63) is 0 Å². The third kappa shape index (κ3) is 5.04. The van der Waals surface area contributed by atoms with Crippen molar-refractivity contribution in [3.63, 3.8) is 0 Å². The largest absolute Gasteiger partial charge is 0.353 e. The maximum Gasteiger partial charge on any atom is 0.236 e. The van der Waals surface area contributed by atoms with Crippen LogP contribution in [0.25, 0.3) is 0 Å². The number of amides is 1. The van der Waals surface area contributed by atoms with Gasteiger partial charge in [0.25, 0.3) is 0 Å². The van der Waals surface area contributed by atoms with Gasteiger partial charge in [0.2, 0.25) is 5.91 Å². The minimum absolute atomic E-state index is 0.00949. The molecule has 0 spiro atoms. The van der Waals surface area contributed by atoms with Crippen molar-refractivity contribution in [1.82, 2.24) is 10.2 Å². The molecule has 100 valence electrons. The smallest absolute Gasteiger partial charge is 0.236 e. The van der Waals surface area contributed by atoms with Crippen molar-refractivity contribution in [2.45, 2.75) is 52.1 Å². The molecule has 0 bridgehead atoms. The second-order valence-electron chi connectivity index (χ2n) is 5.57. The van der Waals surface area contributed by atoms with Gasteiger partial charge in [-0.3, -0.25) is 9.69 Å². The number of carbonyl (C=O) groups excluding carboxylic acids is 1. The topological polar surface area (TPSA) is 58.4 Å². The Hall–Kier alpha value is -0.610. The summed E-state index contributed by atoms with van der Waals surface area (Å²) in [6.45, 7) is 9.37. The third-order valence-corrected chi connectivity index (χ3v) is 3.40. The first-order valence-corrected chi connectivity index (χ1v) is 6.78. The standard InChI is InChI=1S/C13H27N3O/c1-10(2)8-12(14)13(17)15-9-11(3)16-6-4-5-7-16/h10-12H,4-9,14H2,1-3H3,(H,15,17)/t11?,12-/m0/s1. The Balaban J connectivity index is 2.22. The van der Waals surface area contributed by atoms with Crippen LogP contribution in [0.4, 0.5) is 0 Å². The van der Waals surface area contributed by atoms with Crippen molar-refractivity contribution >= 4 is 5.91 Å². The average molecular weight is 241 g/mol. The van der Waals surface area contributed by atoms with E-state index in [2.05, 4.69) is 31.0 Å². The molecule has 3 N–H and O–H groups in total. The number of carbonyl (C=O) groups is 1. The van der Waals surface area contributed by atoms with Gasteiger partial charge < -0.3 is 11.1 Å². The Morgan fingerprint density at radius 3 is 2.41 bits per heavy atom. The summed E-state index contributed by atoms with van der Waals surface area (Å²) < 4.78 is 0. The van der Waals surface area contributed by atoms with Crippen LogP contribution < -0.4 is 11.1 Å². The van der Waals surface area contributed by atoms with Crippen LogP contribution in [0.5, 0.6) is 0 Å². The van der Waals surface area contributed by atoms with E-state index >= 15 is 0 Å². The number of nitrogens with one attached hydrogen (secondary N) is 1. The van der Waals surface area contributed by atoms with Crippen LogP contribution in [0.3, 0.4) is 0 Å². The van der Waals surface area contributed by atoms with Crippen molar-refractivity contribution in [3.8, 4) is 0 Å². The number of rotatable bonds is 6. The van der Waals surface area contributed by atoms with Crippen LogP contribution in [0.2, 0.25) is 0 Å². The highest BCUT2D eigenvalue weighted by Gasteiger charge is 2.20. The van der Waals surface area contributed by atoms with Crippen LogP contribution >= 0.6 is 0 Å². The Labute approximate surface area is 105 Å². The number of likely N-dealkylation sites (tertiary alicyclic amines) is 1. The van der Waals surface area contributed by atoms with Gasteiger partial charge in [0.15, 0.2) is 0 Å². The van der Waals surface area contributed by atoms with Gasteiger partial charge >= 0.3 is 0 Å². The molecule has 17 heavy (non-hydrogen) atoms. The molecule has 1 rings (SSSR count). The van der Waals surface area contributed by atoms with Gasteiger partial charge in [0, 0.05) is 12.6 Å². The highest BCUT2D eigenvalue weighted by Crippen LogP contribution is 2.10. The second kappa shape index (κ2) is 6.97. The molecule has 1 fully saturated rings. The molecule has 1 heterocycles. The number of nitrogens with zero attached hydrogens (tertiary/aromatic N) is 1. The number of hydrogen-bond acceptors (Lipinski definition) is 3. The molecule has 4 heteroatoms. The zero-order chi connectivity index (χ0) is 12.8. The summed E-state index contributed by atoms with van der Waals surface area (Å²) in [6, 6.07) is 0.0634. The maximum absolute atomic E-state index is 11.7. The zero-order valence-electron chi connectivity index (χ0n) is 11.4. The normalized spacial score (nSPS) is 20.5. The van der Waals surface area contributed by atoms with Gasteiger partial charge in [0.05, 0.1) is 6.04 Å². The lowest BCUT2D eigenvalue weighted by Gasteiger charge is -2.24. The Morgan fingerprint density at radius 1 is 1.29 bits per heavy atom. The molecule has 1 saturated heterocycles. The van der Waals surface area contributed by atoms with Crippen LogP contribution in [0.1, 0.15) is 40.0 Å². The monoisotopic (exact) mass is 241 g/mol. The number of nitrogens with two attached hydrogens (primary N) is 1. The molecule has 0 aliphatic carbocycles. The lowest BCUT2D eigenvalue weighted by molar-refractivity contribution is -0.122. The maximum atomic E-state index is 11.7. The van der Waals surface area contributed by atoms with Gasteiger partial charge in [-0.1, -0.05) is 13.8 Å². The molecule has 0 saturated carbocycles. The van der Waals surface area contributed by atoms with E-state index in [9.17, 15) is 4.79 Å². The fraction of sp³-hybridized carbons (Fsp3) is 0.923. The molecule has 1 unspecified atom stereocenters. The molecule has 0 aromatic carbocycles. The third-order valence-electron chi connectivity index (χ3n) is 3.40. The van der Waals surface area contributed by atoms with Crippen LogP contribution in [0, 0.1) is 5.92 Å². The molecule has 4 nitrogen and oxygen atoms in total. The summed E-state index contributed by atoms with van der Waals surface area (Å²) in [5.41, 5.74) is 5.83. The van der Waals surface area contributed by atoms with E-state index in [0.29, 0.717) is 18.5 Å².